The number of alkyl halides is 1. The molecule has 3 atom stereocenters. The Morgan fingerprint density at radius 1 is 0.787 bits per heavy atom. The van der Waals surface area contributed by atoms with Crippen molar-refractivity contribution < 1.29 is 41.4 Å². The number of ether oxygens (including phenoxy) is 1. The van der Waals surface area contributed by atoms with Gasteiger partial charge in [0.2, 0.25) is 11.8 Å². The average Bonchev–Trinajstić information content (AvgIpc) is 4.06. The van der Waals surface area contributed by atoms with Crippen LogP contribution >= 0.6 is 0 Å². The Hall–Kier alpha value is -5.72. The zero-order chi connectivity index (χ0) is 51.6. The van der Waals surface area contributed by atoms with Gasteiger partial charge in [-0.2, -0.15) is 9.97 Å². The van der Waals surface area contributed by atoms with E-state index in [9.17, 15) is 14.7 Å². The number of carbonyl (C=O) groups excluding carboxylic acids is 2. The van der Waals surface area contributed by atoms with Crippen LogP contribution < -0.4 is 25.2 Å². The number of amides is 2. The molecule has 2 spiro atoms. The van der Waals surface area contributed by atoms with Crippen LogP contribution in [0.3, 0.4) is 0 Å². The number of halogens is 5. The highest BCUT2D eigenvalue weighted by Crippen LogP contribution is 2.54. The predicted molar refractivity (Wildman–Crippen MR) is 274 cm³/mol. The summed E-state index contributed by atoms with van der Waals surface area (Å²) in [7, 11) is 0. The topological polar surface area (TPSA) is 139 Å². The lowest BCUT2D eigenvalue weighted by molar-refractivity contribution is -0.134. The van der Waals surface area contributed by atoms with Crippen molar-refractivity contribution in [2.75, 3.05) is 81.9 Å². The van der Waals surface area contributed by atoms with Crippen molar-refractivity contribution in [3.8, 4) is 23.0 Å². The molecule has 18 heteroatoms. The molecule has 0 radical (unpaired) electrons. The molecule has 3 N–H and O–H groups in total. The molecular formula is C57H64F5N9O4. The number of piperidine rings is 2. The molecule has 3 aromatic carbocycles. The van der Waals surface area contributed by atoms with Crippen molar-refractivity contribution in [1.29, 1.82) is 0 Å². The number of benzene rings is 3. The first kappa shape index (κ1) is 48.9. The quantitative estimate of drug-likeness (QED) is 0.0817. The minimum absolute atomic E-state index is 0.0319. The lowest BCUT2D eigenvalue weighted by Gasteiger charge is -2.58. The maximum absolute atomic E-state index is 17.2. The summed E-state index contributed by atoms with van der Waals surface area (Å²) in [5.74, 6) is -4.28. The van der Waals surface area contributed by atoms with Crippen LogP contribution in [0.1, 0.15) is 101 Å². The molecule has 13 rings (SSSR count). The summed E-state index contributed by atoms with van der Waals surface area (Å²) in [6, 6.07) is 9.23. The molecule has 5 aromatic rings. The van der Waals surface area contributed by atoms with E-state index in [1.807, 2.05) is 11.8 Å². The van der Waals surface area contributed by atoms with Crippen LogP contribution in [0.25, 0.3) is 32.9 Å². The van der Waals surface area contributed by atoms with Crippen LogP contribution in [0, 0.1) is 39.5 Å². The van der Waals surface area contributed by atoms with Crippen molar-refractivity contribution in [2.24, 2.45) is 16.2 Å². The number of aromatic nitrogens is 3. The van der Waals surface area contributed by atoms with Crippen LogP contribution in [0.4, 0.5) is 33.5 Å². The number of hydrogen-bond acceptors (Lipinski definition) is 12. The Balaban J connectivity index is 0.624. The zero-order valence-corrected chi connectivity index (χ0v) is 42.4. The second-order valence-electron chi connectivity index (χ2n) is 24.1. The summed E-state index contributed by atoms with van der Waals surface area (Å²) in [6.07, 6.45) is 10.6. The first-order valence-electron chi connectivity index (χ1n) is 27.2. The second kappa shape index (κ2) is 18.2. The first-order chi connectivity index (χ1) is 36.1. The van der Waals surface area contributed by atoms with Crippen molar-refractivity contribution in [1.82, 2.24) is 35.4 Å². The average molecular weight is 1030 g/mol. The number of pyridine rings is 1. The molecule has 3 unspecified atom stereocenters. The molecule has 2 bridgehead atoms. The number of piperazine rings is 1. The number of imide groups is 1. The van der Waals surface area contributed by atoms with Gasteiger partial charge in [-0.1, -0.05) is 13.0 Å². The molecule has 8 fully saturated rings. The number of rotatable bonds is 12. The third-order valence-corrected chi connectivity index (χ3v) is 18.7. The van der Waals surface area contributed by atoms with E-state index in [0.29, 0.717) is 109 Å². The normalized spacial score (nSPS) is 25.7. The summed E-state index contributed by atoms with van der Waals surface area (Å²) >= 11 is 0. The van der Waals surface area contributed by atoms with Crippen molar-refractivity contribution >= 4 is 45.0 Å². The van der Waals surface area contributed by atoms with Gasteiger partial charge in [0.05, 0.1) is 17.9 Å². The third kappa shape index (κ3) is 8.93. The summed E-state index contributed by atoms with van der Waals surface area (Å²) < 4.78 is 86.1. The Kier molecular flexibility index (Phi) is 11.9. The van der Waals surface area contributed by atoms with Crippen LogP contribution in [0.5, 0.6) is 11.8 Å². The van der Waals surface area contributed by atoms with Crippen molar-refractivity contribution in [3.05, 3.63) is 77.0 Å². The Morgan fingerprint density at radius 3 is 2.13 bits per heavy atom. The molecule has 8 aliphatic rings. The lowest BCUT2D eigenvalue weighted by atomic mass is 9.64. The standard InChI is InChI=1S/C57H64F5N9O4/c1-2-38-42(58)7-3-33-19-37(72)22-40(46(33)38)49-48(61)50-41(23-63-49)51(71-24-34-4-5-35(25-71)64-34)67-53(66-50)75-32-56(9-10-56)30-68-26-54(27-68)11-13-57(62,14-12-54)31-69-28-55(29-69)15-17-70(18-16-55)36-20-43(59)47(44(60)21-36)39-6-8-45(73)65-52(39)74/h3,7,19-23,34-35,39,64,72H,2,4-6,8-18,24-32H2,1H3,(H,65,73,74). The SMILES string of the molecule is CCc1c(F)ccc2cc(O)cc(-c3ncc4c(N5CC6CCC(C5)N6)nc(OCC5(CN6CC7(CCC(F)(CN8CC9(CCN(c%10cc(F)c(C%11CCC(=O)NC%11=O)c(F)c%10)CC9)C8)CC7)C6)CC5)nc4c3F)c12. The van der Waals surface area contributed by atoms with E-state index in [1.54, 1.807) is 18.3 Å². The fourth-order valence-corrected chi connectivity index (χ4v) is 14.5. The highest BCUT2D eigenvalue weighted by atomic mass is 19.2. The van der Waals surface area contributed by atoms with Gasteiger partial charge in [-0.15, -0.1) is 0 Å². The van der Waals surface area contributed by atoms with Gasteiger partial charge in [0.15, 0.2) is 5.82 Å². The van der Waals surface area contributed by atoms with Gasteiger partial charge in [-0.3, -0.25) is 24.8 Å². The van der Waals surface area contributed by atoms with Gasteiger partial charge < -0.3 is 29.9 Å². The van der Waals surface area contributed by atoms with Crippen molar-refractivity contribution in [2.45, 2.75) is 114 Å². The highest BCUT2D eigenvalue weighted by molar-refractivity contribution is 6.02. The van der Waals surface area contributed by atoms with Gasteiger partial charge in [0, 0.05) is 112 Å². The lowest BCUT2D eigenvalue weighted by Crippen LogP contribution is -2.64. The number of likely N-dealkylation sites (tertiary alicyclic amines) is 2. The third-order valence-electron chi connectivity index (χ3n) is 18.7. The van der Waals surface area contributed by atoms with E-state index in [2.05, 4.69) is 30.3 Å². The molecule has 2 saturated carbocycles. The number of aromatic hydroxyl groups is 1. The molecule has 2 aliphatic carbocycles. The van der Waals surface area contributed by atoms with E-state index < -0.39 is 46.7 Å². The van der Waals surface area contributed by atoms with Crippen LogP contribution in [-0.4, -0.2) is 131 Å². The number of fused-ring (bicyclic) bond motifs is 4. The van der Waals surface area contributed by atoms with E-state index >= 15 is 22.0 Å². The van der Waals surface area contributed by atoms with Crippen LogP contribution in [0.2, 0.25) is 0 Å². The smallest absolute Gasteiger partial charge is 0.319 e. The Morgan fingerprint density at radius 2 is 1.47 bits per heavy atom. The number of nitrogens with one attached hydrogen (secondary N) is 2. The van der Waals surface area contributed by atoms with Crippen LogP contribution in [0.15, 0.2) is 42.6 Å². The summed E-state index contributed by atoms with van der Waals surface area (Å²) in [5, 5.41) is 18.2. The number of hydrogen-bond donors (Lipinski definition) is 3. The van der Waals surface area contributed by atoms with Gasteiger partial charge >= 0.3 is 6.01 Å². The summed E-state index contributed by atoms with van der Waals surface area (Å²) in [5.41, 5.74) is -0.238. The number of aryl methyl sites for hydroxylation is 1. The largest absolute Gasteiger partial charge is 0.508 e. The molecule has 6 aliphatic heterocycles. The molecule has 396 valence electrons. The monoisotopic (exact) mass is 1030 g/mol. The highest BCUT2D eigenvalue weighted by Gasteiger charge is 2.55. The van der Waals surface area contributed by atoms with E-state index in [0.717, 1.165) is 84.1 Å². The molecular weight excluding hydrogens is 970 g/mol. The van der Waals surface area contributed by atoms with Crippen molar-refractivity contribution in [3.63, 3.8) is 0 Å². The zero-order valence-electron chi connectivity index (χ0n) is 42.4. The van der Waals surface area contributed by atoms with E-state index in [1.165, 1.54) is 24.3 Å². The predicted octanol–water partition coefficient (Wildman–Crippen LogP) is 8.48. The minimum Gasteiger partial charge on any atom is -0.508 e. The minimum atomic E-state index is -1.23. The molecule has 6 saturated heterocycles. The number of carbonyl (C=O) groups is 2. The molecule has 2 amide bonds. The Bertz CT molecular complexity index is 3090. The Labute approximate surface area is 432 Å². The number of phenolic OH excluding ortho intramolecular Hbond substituents is 1. The summed E-state index contributed by atoms with van der Waals surface area (Å²) in [6.45, 7) is 9.68. The van der Waals surface area contributed by atoms with Gasteiger partial charge in [-0.25, -0.2) is 22.0 Å². The summed E-state index contributed by atoms with van der Waals surface area (Å²) in [4.78, 5) is 47.2. The molecule has 2 aromatic heterocycles. The van der Waals surface area contributed by atoms with E-state index in [4.69, 9.17) is 14.7 Å². The fourth-order valence-electron chi connectivity index (χ4n) is 14.5. The number of phenols is 1. The first-order valence-corrected chi connectivity index (χ1v) is 27.2. The maximum atomic E-state index is 17.2. The molecule has 75 heavy (non-hydrogen) atoms. The molecule has 13 nitrogen and oxygen atoms in total. The van der Waals surface area contributed by atoms with E-state index in [-0.39, 0.29) is 57.6 Å². The number of nitrogens with zero attached hydrogens (tertiary/aromatic N) is 7. The molecule has 8 heterocycles. The fraction of sp³-hybridized carbons (Fsp3) is 0.561. The maximum Gasteiger partial charge on any atom is 0.319 e. The van der Waals surface area contributed by atoms with Gasteiger partial charge in [-0.05, 0) is 135 Å². The van der Waals surface area contributed by atoms with Gasteiger partial charge in [0.25, 0.3) is 0 Å². The number of anilines is 2. The second-order valence-corrected chi connectivity index (χ2v) is 24.1. The van der Waals surface area contributed by atoms with Crippen LogP contribution in [-0.2, 0) is 16.0 Å². The van der Waals surface area contributed by atoms with Gasteiger partial charge in [0.1, 0.15) is 45.9 Å².